The van der Waals surface area contributed by atoms with Crippen molar-refractivity contribution in [1.82, 2.24) is 24.4 Å². The van der Waals surface area contributed by atoms with Crippen molar-refractivity contribution < 1.29 is 4.74 Å². The van der Waals surface area contributed by atoms with Crippen LogP contribution in [0.3, 0.4) is 0 Å². The van der Waals surface area contributed by atoms with Crippen LogP contribution < -0.4 is 4.90 Å². The lowest BCUT2D eigenvalue weighted by Gasteiger charge is -2.35. The van der Waals surface area contributed by atoms with E-state index in [2.05, 4.69) is 66.8 Å². The Morgan fingerprint density at radius 3 is 2.58 bits per heavy atom. The maximum Gasteiger partial charge on any atom is 0.160 e. The number of aromatic nitrogens is 3. The van der Waals surface area contributed by atoms with E-state index in [0.29, 0.717) is 13.3 Å². The zero-order chi connectivity index (χ0) is 21.5. The van der Waals surface area contributed by atoms with Crippen molar-refractivity contribution in [3.05, 3.63) is 58.0 Å². The fourth-order valence-corrected chi connectivity index (χ4v) is 4.64. The van der Waals surface area contributed by atoms with E-state index in [1.165, 1.54) is 28.1 Å². The summed E-state index contributed by atoms with van der Waals surface area (Å²) in [5.74, 6) is 0. The minimum Gasteiger partial charge on any atom is -0.369 e. The van der Waals surface area contributed by atoms with Crippen LogP contribution in [0.2, 0.25) is 0 Å². The summed E-state index contributed by atoms with van der Waals surface area (Å²) in [4.78, 5) is 12.0. The summed E-state index contributed by atoms with van der Waals surface area (Å²) in [5, 5.41) is 4.84. The minimum absolute atomic E-state index is 0.601. The Morgan fingerprint density at radius 2 is 1.77 bits per heavy atom. The largest absolute Gasteiger partial charge is 0.369 e. The monoisotopic (exact) mass is 420 g/mol. The molecule has 7 nitrogen and oxygen atoms in total. The van der Waals surface area contributed by atoms with Crippen LogP contribution in [0.4, 0.5) is 5.69 Å². The van der Waals surface area contributed by atoms with Gasteiger partial charge < -0.3 is 14.5 Å². The van der Waals surface area contributed by atoms with Crippen molar-refractivity contribution in [3.8, 4) is 0 Å². The molecule has 0 amide bonds. The van der Waals surface area contributed by atoms with Crippen LogP contribution in [-0.4, -0.2) is 64.4 Å². The van der Waals surface area contributed by atoms with Crippen LogP contribution in [0.25, 0.3) is 5.65 Å². The van der Waals surface area contributed by atoms with Gasteiger partial charge in [-0.2, -0.15) is 5.10 Å². The van der Waals surface area contributed by atoms with Gasteiger partial charge in [0.25, 0.3) is 0 Å². The summed E-state index contributed by atoms with van der Waals surface area (Å²) in [6.45, 7) is 13.6. The average Bonchev–Trinajstić information content (AvgIpc) is 3.32. The van der Waals surface area contributed by atoms with Crippen molar-refractivity contribution in [1.29, 1.82) is 0 Å². The van der Waals surface area contributed by atoms with Crippen LogP contribution in [-0.2, 0) is 24.4 Å². The number of likely N-dealkylation sites (N-methyl/N-ethyl adjacent to an activating group) is 1. The second kappa shape index (κ2) is 8.22. The lowest BCUT2D eigenvalue weighted by molar-refractivity contribution is 0.0160. The molecule has 31 heavy (non-hydrogen) atoms. The first-order valence-electron chi connectivity index (χ1n) is 11.2. The van der Waals surface area contributed by atoms with E-state index >= 15 is 0 Å². The molecule has 0 aliphatic carbocycles. The molecule has 1 saturated heterocycles. The van der Waals surface area contributed by atoms with Crippen molar-refractivity contribution in [2.24, 2.45) is 0 Å². The first-order valence-corrected chi connectivity index (χ1v) is 11.2. The lowest BCUT2D eigenvalue weighted by Crippen LogP contribution is -2.44. The summed E-state index contributed by atoms with van der Waals surface area (Å²) < 4.78 is 8.18. The van der Waals surface area contributed by atoms with Gasteiger partial charge in [-0.3, -0.25) is 4.90 Å². The van der Waals surface area contributed by atoms with Crippen LogP contribution in [0.1, 0.15) is 33.8 Å². The molecule has 0 unspecified atom stereocenters. The zero-order valence-corrected chi connectivity index (χ0v) is 19.1. The quantitative estimate of drug-likeness (QED) is 0.633. The maximum atomic E-state index is 6.17. The van der Waals surface area contributed by atoms with Crippen molar-refractivity contribution in [2.45, 2.75) is 40.5 Å². The Bertz CT molecular complexity index is 1100. The number of para-hydroxylation sites is 1. The van der Waals surface area contributed by atoms with Gasteiger partial charge in [0, 0.05) is 67.5 Å². The molecule has 4 heterocycles. The summed E-state index contributed by atoms with van der Waals surface area (Å²) in [6, 6.07) is 8.65. The number of hydrogen-bond acceptors (Lipinski definition) is 6. The molecule has 0 atom stereocenters. The highest BCUT2D eigenvalue weighted by atomic mass is 16.5. The van der Waals surface area contributed by atoms with Crippen LogP contribution >= 0.6 is 0 Å². The lowest BCUT2D eigenvalue weighted by atomic mass is 10.1. The van der Waals surface area contributed by atoms with Gasteiger partial charge in [-0.1, -0.05) is 18.2 Å². The normalized spacial score (nSPS) is 17.6. The molecule has 0 spiro atoms. The zero-order valence-electron chi connectivity index (χ0n) is 19.1. The number of piperazine rings is 1. The standard InChI is InChI=1S/C24H32N6O/c1-17-18(2)25-24-21-13-28(14-22(21)26-30(24)19(17)3)16-31-15-20-7-5-6-8-23(20)29-11-9-27(4)10-12-29/h5-8H,9-16H2,1-4H3. The first kappa shape index (κ1) is 20.4. The predicted molar refractivity (Wildman–Crippen MR) is 122 cm³/mol. The van der Waals surface area contributed by atoms with Crippen molar-refractivity contribution >= 4 is 11.3 Å². The maximum absolute atomic E-state index is 6.17. The van der Waals surface area contributed by atoms with E-state index in [-0.39, 0.29) is 0 Å². The van der Waals surface area contributed by atoms with Crippen LogP contribution in [0, 0.1) is 20.8 Å². The third-order valence-corrected chi connectivity index (χ3v) is 6.84. The number of fused-ring (bicyclic) bond motifs is 3. The second-order valence-electron chi connectivity index (χ2n) is 8.95. The number of rotatable bonds is 5. The first-order chi connectivity index (χ1) is 15.0. The molecule has 1 aromatic carbocycles. The van der Waals surface area contributed by atoms with Crippen molar-refractivity contribution in [2.75, 3.05) is 44.9 Å². The van der Waals surface area contributed by atoms with Gasteiger partial charge in [0.15, 0.2) is 5.65 Å². The molecule has 0 bridgehead atoms. The van der Waals surface area contributed by atoms with Gasteiger partial charge in [0.1, 0.15) is 6.73 Å². The second-order valence-corrected chi connectivity index (χ2v) is 8.95. The number of hydrogen-bond donors (Lipinski definition) is 0. The molecule has 2 aliphatic rings. The van der Waals surface area contributed by atoms with E-state index in [1.807, 2.05) is 4.52 Å². The molecule has 2 aromatic heterocycles. The van der Waals surface area contributed by atoms with Gasteiger partial charge in [-0.25, -0.2) is 9.50 Å². The Hall–Kier alpha value is -2.48. The Balaban J connectivity index is 1.23. The van der Waals surface area contributed by atoms with Gasteiger partial charge >= 0.3 is 0 Å². The molecule has 164 valence electrons. The number of benzene rings is 1. The Labute approximate surface area is 184 Å². The molecular weight excluding hydrogens is 388 g/mol. The van der Waals surface area contributed by atoms with Crippen molar-refractivity contribution in [3.63, 3.8) is 0 Å². The van der Waals surface area contributed by atoms with E-state index in [0.717, 1.165) is 56.3 Å². The molecular formula is C24H32N6O. The van der Waals surface area contributed by atoms with Gasteiger partial charge in [0.2, 0.25) is 0 Å². The molecule has 5 rings (SSSR count). The molecule has 2 aliphatic heterocycles. The van der Waals surface area contributed by atoms with Crippen LogP contribution in [0.5, 0.6) is 0 Å². The highest BCUT2D eigenvalue weighted by Crippen LogP contribution is 2.28. The number of anilines is 1. The highest BCUT2D eigenvalue weighted by molar-refractivity contribution is 5.55. The summed E-state index contributed by atoms with van der Waals surface area (Å²) >= 11 is 0. The van der Waals surface area contributed by atoms with E-state index in [1.54, 1.807) is 0 Å². The molecule has 7 heteroatoms. The van der Waals surface area contributed by atoms with Gasteiger partial charge in [-0.05, 0) is 39.4 Å². The SMILES string of the molecule is Cc1nc2c3c(nn2c(C)c1C)CN(COCc1ccccc1N1CCN(C)CC1)C3. The van der Waals surface area contributed by atoms with E-state index < -0.39 is 0 Å². The molecule has 3 aromatic rings. The van der Waals surface area contributed by atoms with E-state index in [9.17, 15) is 0 Å². The Morgan fingerprint density at radius 1 is 1.00 bits per heavy atom. The number of aryl methyl sites for hydroxylation is 2. The highest BCUT2D eigenvalue weighted by Gasteiger charge is 2.27. The minimum atomic E-state index is 0.601. The number of ether oxygens (including phenoxy) is 1. The predicted octanol–water partition coefficient (Wildman–Crippen LogP) is 2.90. The topological polar surface area (TPSA) is 49.1 Å². The van der Waals surface area contributed by atoms with Gasteiger partial charge in [-0.15, -0.1) is 0 Å². The molecule has 1 fully saturated rings. The molecule has 0 N–H and O–H groups in total. The summed E-state index contributed by atoms with van der Waals surface area (Å²) in [5.41, 5.74) is 9.42. The summed E-state index contributed by atoms with van der Waals surface area (Å²) in [7, 11) is 2.19. The third kappa shape index (κ3) is 3.82. The van der Waals surface area contributed by atoms with Gasteiger partial charge in [0.05, 0.1) is 12.3 Å². The smallest absolute Gasteiger partial charge is 0.160 e. The fourth-order valence-electron chi connectivity index (χ4n) is 4.64. The molecule has 0 saturated carbocycles. The fraction of sp³-hybridized carbons (Fsp3) is 0.500. The number of nitrogens with zero attached hydrogens (tertiary/aromatic N) is 6. The molecule has 0 radical (unpaired) electrons. The van der Waals surface area contributed by atoms with Crippen LogP contribution in [0.15, 0.2) is 24.3 Å². The third-order valence-electron chi connectivity index (χ3n) is 6.84. The summed E-state index contributed by atoms with van der Waals surface area (Å²) in [6.07, 6.45) is 0. The van der Waals surface area contributed by atoms with E-state index in [4.69, 9.17) is 14.8 Å². The average molecular weight is 421 g/mol. The Kier molecular flexibility index (Phi) is 5.42.